The van der Waals surface area contributed by atoms with Gasteiger partial charge in [0.1, 0.15) is 48.8 Å². The summed E-state index contributed by atoms with van der Waals surface area (Å²) in [7, 11) is -11.6. The standard InChI is InChI=1S/C69H115NO17P2/c1-48(2)24-14-25-49(3)26-15-27-50(4)28-16-29-51(5)30-17-31-52(6)32-18-33-53(7)34-19-35-54(8)36-20-37-55(9)38-21-39-56(10)40-22-41-57(11)42-23-43-58(12)44-45-82-88(78,79)87-89(80,81)86-68-62(70-59(13)73)67(64(75)61(47-72)83-68)85-69-66(77)65(76)63(74)60(46-71)84-69/h24,26,28,30,32,34,36,38,40,42,44,60-69,71-72,74-77H,14-23,25,27,29,31,33,35,37,39,41,43,45-47H2,1-13H3,(H,70,73)(H,78,79)(H,80,81)/p-2/b49-26+,50-28+,51-30-,52-32-,53-34-,54-36-,55-38-,56-40-,57-42-,58-44-/t60-,61-,62-,63+,64-,65+,66-,67-,68-,69+/m1/s1. The number of carbonyl (C=O) groups excluding carboxylic acids is 1. The fourth-order valence-electron chi connectivity index (χ4n) is 10.1. The molecule has 20 heteroatoms. The van der Waals surface area contributed by atoms with Crippen molar-refractivity contribution < 1.29 is 81.9 Å². The minimum Gasteiger partial charge on any atom is -0.756 e. The molecule has 2 rings (SSSR count). The zero-order valence-electron chi connectivity index (χ0n) is 56.0. The van der Waals surface area contributed by atoms with E-state index in [1.165, 1.54) is 61.8 Å². The van der Waals surface area contributed by atoms with E-state index < -0.39 is 103 Å². The van der Waals surface area contributed by atoms with Crippen molar-refractivity contribution >= 4 is 21.6 Å². The maximum absolute atomic E-state index is 13.0. The second kappa shape index (κ2) is 44.2. The van der Waals surface area contributed by atoms with Crippen LogP contribution in [-0.4, -0.2) is 118 Å². The number of amides is 1. The van der Waals surface area contributed by atoms with Gasteiger partial charge in [-0.1, -0.05) is 128 Å². The number of phosphoric ester groups is 2. The molecule has 1 amide bonds. The number of phosphoric acid groups is 2. The van der Waals surface area contributed by atoms with Crippen molar-refractivity contribution in [2.45, 2.75) is 280 Å². The van der Waals surface area contributed by atoms with Gasteiger partial charge in [-0.25, -0.2) is 4.31 Å². The molecule has 0 aromatic carbocycles. The third kappa shape index (κ3) is 35.9. The predicted octanol–water partition coefficient (Wildman–Crippen LogP) is 13.0. The lowest BCUT2D eigenvalue weighted by molar-refractivity contribution is -0.343. The molecule has 0 saturated carbocycles. The number of aliphatic hydroxyl groups is 6. The van der Waals surface area contributed by atoms with E-state index in [0.29, 0.717) is 12.8 Å². The first-order chi connectivity index (χ1) is 42.0. The van der Waals surface area contributed by atoms with Crippen molar-refractivity contribution in [2.24, 2.45) is 0 Å². The number of ether oxygens (including phenoxy) is 3. The molecule has 0 aliphatic carbocycles. The van der Waals surface area contributed by atoms with E-state index in [-0.39, 0.29) is 0 Å². The number of hydrogen-bond acceptors (Lipinski definition) is 17. The van der Waals surface area contributed by atoms with Gasteiger partial charge in [-0.05, 0) is 212 Å². The van der Waals surface area contributed by atoms with Crippen LogP contribution in [-0.2, 0) is 41.5 Å². The van der Waals surface area contributed by atoms with E-state index in [1.54, 1.807) is 6.92 Å². The molecule has 2 saturated heterocycles. The van der Waals surface area contributed by atoms with Crippen LogP contribution in [0.25, 0.3) is 0 Å². The summed E-state index contributed by atoms with van der Waals surface area (Å²) in [6.45, 7) is 24.7. The van der Waals surface area contributed by atoms with Crippen LogP contribution in [0.3, 0.4) is 0 Å². The van der Waals surface area contributed by atoms with Crippen LogP contribution < -0.4 is 15.1 Å². The Morgan fingerprint density at radius 2 is 0.730 bits per heavy atom. The highest BCUT2D eigenvalue weighted by molar-refractivity contribution is 7.59. The van der Waals surface area contributed by atoms with Gasteiger partial charge in [-0.3, -0.25) is 18.4 Å². The lowest BCUT2D eigenvalue weighted by Crippen LogP contribution is -2.68. The molecule has 2 aliphatic rings. The minimum atomic E-state index is -5.95. The van der Waals surface area contributed by atoms with Crippen molar-refractivity contribution in [3.63, 3.8) is 0 Å². The minimum absolute atomic E-state index is 0.570. The van der Waals surface area contributed by atoms with Crippen molar-refractivity contribution in [3.05, 3.63) is 128 Å². The summed E-state index contributed by atoms with van der Waals surface area (Å²) in [6.07, 6.45) is 29.0. The molecule has 12 atom stereocenters. The maximum Gasteiger partial charge on any atom is 0.276 e. The van der Waals surface area contributed by atoms with Gasteiger partial charge in [0.15, 0.2) is 12.6 Å². The topological polar surface area (TPSA) is 286 Å². The van der Waals surface area contributed by atoms with Gasteiger partial charge in [-0.15, -0.1) is 0 Å². The van der Waals surface area contributed by atoms with E-state index in [1.807, 2.05) is 0 Å². The number of carbonyl (C=O) groups is 1. The first kappa shape index (κ1) is 81.6. The third-order valence-electron chi connectivity index (χ3n) is 15.8. The summed E-state index contributed by atoms with van der Waals surface area (Å²) in [4.78, 5) is 37.9. The van der Waals surface area contributed by atoms with Crippen molar-refractivity contribution in [1.29, 1.82) is 0 Å². The van der Waals surface area contributed by atoms with Crippen LogP contribution >= 0.6 is 15.6 Å². The summed E-state index contributed by atoms with van der Waals surface area (Å²) in [5.74, 6) is -0.853. The molecule has 508 valence electrons. The summed E-state index contributed by atoms with van der Waals surface area (Å²) >= 11 is 0. The molecule has 18 nitrogen and oxygen atoms in total. The average Bonchev–Trinajstić information content (AvgIpc) is 1.01. The molecular formula is C69H113NO17P2-2. The Morgan fingerprint density at radius 3 is 1.04 bits per heavy atom. The number of nitrogens with one attached hydrogen (secondary N) is 1. The molecular weight excluding hydrogens is 1180 g/mol. The Hall–Kier alpha value is -3.49. The van der Waals surface area contributed by atoms with Gasteiger partial charge in [0.25, 0.3) is 15.6 Å². The molecule has 2 aliphatic heterocycles. The molecule has 0 spiro atoms. The predicted molar refractivity (Wildman–Crippen MR) is 351 cm³/mol. The number of aliphatic hydroxyl groups excluding tert-OH is 6. The van der Waals surface area contributed by atoms with E-state index in [2.05, 4.69) is 147 Å². The van der Waals surface area contributed by atoms with Crippen LogP contribution in [0.15, 0.2) is 128 Å². The average molecular weight is 1290 g/mol. The highest BCUT2D eigenvalue weighted by Crippen LogP contribution is 2.57. The Labute approximate surface area is 534 Å². The highest BCUT2D eigenvalue weighted by atomic mass is 31.3. The Kier molecular flexibility index (Phi) is 40.5. The zero-order chi connectivity index (χ0) is 66.7. The summed E-state index contributed by atoms with van der Waals surface area (Å²) in [6, 6.07) is -1.82. The fraction of sp³-hybridized carbons (Fsp3) is 0.667. The van der Waals surface area contributed by atoms with Crippen LogP contribution in [0.5, 0.6) is 0 Å². The van der Waals surface area contributed by atoms with Crippen molar-refractivity contribution in [3.8, 4) is 0 Å². The number of allylic oxidation sites excluding steroid dienone is 21. The van der Waals surface area contributed by atoms with Gasteiger partial charge in [0.05, 0.1) is 19.8 Å². The fourth-order valence-corrected chi connectivity index (χ4v) is 12.1. The normalized spacial score (nSPS) is 25.7. The SMILES string of the molecule is CC(=O)N[C@H]1[C@@H](OP(=O)([O-])OP(=O)([O-])OC/C=C(/C)CC/C=C(/C)CC/C=C(/C)CC/C=C(/C)CC/C=C(/C)CC/C=C(/C)CC/C=C(/C)CC/C=C(/C)CC/C=C(\C)CC/C=C(\C)CCC=C(C)C)O[C@H](CO)[C@@H](O)[C@@H]1O[C@@H]1O[C@H](CO)[C@H](O)[C@H](O)[C@H]1O. The van der Waals surface area contributed by atoms with Gasteiger partial charge in [0, 0.05) is 6.92 Å². The molecule has 0 aromatic rings. The van der Waals surface area contributed by atoms with Gasteiger partial charge in [-0.2, -0.15) is 0 Å². The number of hydrogen-bond donors (Lipinski definition) is 7. The Morgan fingerprint density at radius 1 is 0.427 bits per heavy atom. The quantitative estimate of drug-likeness (QED) is 0.0221. The van der Waals surface area contributed by atoms with Gasteiger partial charge in [0.2, 0.25) is 5.91 Å². The molecule has 0 radical (unpaired) electrons. The largest absolute Gasteiger partial charge is 0.756 e. The number of rotatable bonds is 42. The smallest absolute Gasteiger partial charge is 0.276 e. The summed E-state index contributed by atoms with van der Waals surface area (Å²) < 4.78 is 55.9. The Balaban J connectivity index is 1.70. The van der Waals surface area contributed by atoms with E-state index in [4.69, 9.17) is 23.3 Å². The molecule has 2 unspecified atom stereocenters. The van der Waals surface area contributed by atoms with Crippen LogP contribution in [0.2, 0.25) is 0 Å². The van der Waals surface area contributed by atoms with Crippen LogP contribution in [0.4, 0.5) is 0 Å². The monoisotopic (exact) mass is 1290 g/mol. The van der Waals surface area contributed by atoms with Gasteiger partial charge >= 0.3 is 0 Å². The zero-order valence-corrected chi connectivity index (χ0v) is 57.7. The highest BCUT2D eigenvalue weighted by Gasteiger charge is 2.52. The van der Waals surface area contributed by atoms with Crippen LogP contribution in [0, 0.1) is 0 Å². The van der Waals surface area contributed by atoms with Gasteiger partial charge < -0.3 is 64.5 Å². The van der Waals surface area contributed by atoms with Crippen molar-refractivity contribution in [1.82, 2.24) is 5.32 Å². The van der Waals surface area contributed by atoms with E-state index in [0.717, 1.165) is 128 Å². The second-order valence-electron chi connectivity index (χ2n) is 24.8. The van der Waals surface area contributed by atoms with E-state index >= 15 is 0 Å². The van der Waals surface area contributed by atoms with Crippen LogP contribution in [0.1, 0.15) is 218 Å². The molecule has 0 bridgehead atoms. The molecule has 7 N–H and O–H groups in total. The summed E-state index contributed by atoms with van der Waals surface area (Å²) in [5.41, 5.74) is 15.0. The lowest BCUT2D eigenvalue weighted by Gasteiger charge is -2.48. The first-order valence-electron chi connectivity index (χ1n) is 32.0. The lowest BCUT2D eigenvalue weighted by atomic mass is 9.95. The summed E-state index contributed by atoms with van der Waals surface area (Å²) in [5, 5.41) is 63.6. The molecule has 89 heavy (non-hydrogen) atoms. The second-order valence-corrected chi connectivity index (χ2v) is 27.7. The molecule has 2 fully saturated rings. The maximum atomic E-state index is 13.0. The van der Waals surface area contributed by atoms with E-state index in [9.17, 15) is 54.4 Å². The first-order valence-corrected chi connectivity index (χ1v) is 34.9. The molecule has 2 heterocycles. The Bertz CT molecular complexity index is 2590. The van der Waals surface area contributed by atoms with Crippen molar-refractivity contribution in [2.75, 3.05) is 19.8 Å². The molecule has 0 aromatic heterocycles. The third-order valence-corrected chi connectivity index (χ3v) is 18.4.